The number of hydrogen-bond acceptors (Lipinski definition) is 6. The molecule has 200 valence electrons. The van der Waals surface area contributed by atoms with Crippen LogP contribution in [0.3, 0.4) is 0 Å². The van der Waals surface area contributed by atoms with Crippen LogP contribution in [0.25, 0.3) is 11.1 Å². The summed E-state index contributed by atoms with van der Waals surface area (Å²) in [6, 6.07) is 22.9. The molecule has 3 aromatic carbocycles. The number of carbonyl (C=O) groups excluding carboxylic acids is 1. The summed E-state index contributed by atoms with van der Waals surface area (Å²) in [7, 11) is -3.68. The van der Waals surface area contributed by atoms with Crippen LogP contribution in [0.1, 0.15) is 47.9 Å². The van der Waals surface area contributed by atoms with Gasteiger partial charge in [0.25, 0.3) is 5.91 Å². The predicted molar refractivity (Wildman–Crippen MR) is 150 cm³/mol. The van der Waals surface area contributed by atoms with Crippen LogP contribution in [0.15, 0.2) is 72.8 Å². The molecule has 0 aliphatic heterocycles. The Morgan fingerprint density at radius 3 is 2.24 bits per heavy atom. The van der Waals surface area contributed by atoms with E-state index in [0.717, 1.165) is 42.3 Å². The molecular weight excluding hydrogens is 512 g/mol. The minimum Gasteiger partial charge on any atom is -0.490 e. The molecule has 0 saturated carbocycles. The van der Waals surface area contributed by atoms with Crippen LogP contribution < -0.4 is 14.8 Å². The average Bonchev–Trinajstić information content (AvgIpc) is 2.83. The van der Waals surface area contributed by atoms with Crippen molar-refractivity contribution >= 4 is 28.3 Å². The van der Waals surface area contributed by atoms with Crippen LogP contribution in [0.5, 0.6) is 5.75 Å². The van der Waals surface area contributed by atoms with E-state index < -0.39 is 22.0 Å². The lowest BCUT2D eigenvalue weighted by Crippen LogP contribution is -2.30. The fourth-order valence-electron chi connectivity index (χ4n) is 3.78. The van der Waals surface area contributed by atoms with Crippen LogP contribution in [0, 0.1) is 0 Å². The maximum atomic E-state index is 12.4. The SMILES string of the molecule is CC(C)Oc1cc(-c2ccc(CCCNC[C@H](O)c3ccccc3)cc2)ccc1C(=O)NS(C)(=O)=O.Cl. The molecule has 3 rings (SSSR count). The monoisotopic (exact) mass is 546 g/mol. The van der Waals surface area contributed by atoms with Crippen LogP contribution in [0.2, 0.25) is 0 Å². The Bertz CT molecular complexity index is 1250. The van der Waals surface area contributed by atoms with Gasteiger partial charge in [0, 0.05) is 6.54 Å². The number of aryl methyl sites for hydroxylation is 1. The maximum Gasteiger partial charge on any atom is 0.268 e. The first-order valence-corrected chi connectivity index (χ1v) is 13.9. The van der Waals surface area contributed by atoms with Gasteiger partial charge < -0.3 is 15.2 Å². The van der Waals surface area contributed by atoms with Gasteiger partial charge in [-0.2, -0.15) is 0 Å². The molecule has 0 saturated heterocycles. The molecule has 0 aliphatic carbocycles. The topological polar surface area (TPSA) is 105 Å². The number of halogens is 1. The van der Waals surface area contributed by atoms with Crippen molar-refractivity contribution in [1.82, 2.24) is 10.0 Å². The van der Waals surface area contributed by atoms with Crippen molar-refractivity contribution in [2.24, 2.45) is 0 Å². The number of nitrogens with one attached hydrogen (secondary N) is 2. The van der Waals surface area contributed by atoms with E-state index in [1.54, 1.807) is 18.2 Å². The van der Waals surface area contributed by atoms with Crippen LogP contribution in [-0.2, 0) is 16.4 Å². The zero-order valence-corrected chi connectivity index (χ0v) is 22.9. The number of aliphatic hydroxyl groups is 1. The molecule has 0 aliphatic rings. The van der Waals surface area contributed by atoms with Crippen LogP contribution >= 0.6 is 12.4 Å². The quantitative estimate of drug-likeness (QED) is 0.289. The van der Waals surface area contributed by atoms with Gasteiger partial charge in [-0.15, -0.1) is 12.4 Å². The number of benzene rings is 3. The normalized spacial score (nSPS) is 12.0. The van der Waals surface area contributed by atoms with Gasteiger partial charge in [-0.25, -0.2) is 13.1 Å². The van der Waals surface area contributed by atoms with Gasteiger partial charge in [0.05, 0.1) is 24.0 Å². The van der Waals surface area contributed by atoms with E-state index in [-0.39, 0.29) is 24.1 Å². The van der Waals surface area contributed by atoms with Gasteiger partial charge in [0.2, 0.25) is 10.0 Å². The van der Waals surface area contributed by atoms with E-state index in [4.69, 9.17) is 4.74 Å². The van der Waals surface area contributed by atoms with Crippen molar-refractivity contribution in [3.05, 3.63) is 89.5 Å². The Morgan fingerprint density at radius 2 is 1.62 bits per heavy atom. The maximum absolute atomic E-state index is 12.4. The largest absolute Gasteiger partial charge is 0.490 e. The van der Waals surface area contributed by atoms with E-state index in [9.17, 15) is 18.3 Å². The third kappa shape index (κ3) is 9.81. The summed E-state index contributed by atoms with van der Waals surface area (Å²) in [6.07, 6.45) is 2.08. The fraction of sp³-hybridized carbons (Fsp3) is 0.321. The van der Waals surface area contributed by atoms with Crippen molar-refractivity contribution < 1.29 is 23.1 Å². The van der Waals surface area contributed by atoms with E-state index in [1.165, 1.54) is 5.56 Å². The molecule has 9 heteroatoms. The van der Waals surface area contributed by atoms with Crippen molar-refractivity contribution in [2.75, 3.05) is 19.3 Å². The lowest BCUT2D eigenvalue weighted by molar-refractivity contribution is 0.0976. The van der Waals surface area contributed by atoms with Crippen molar-refractivity contribution in [3.63, 3.8) is 0 Å². The number of sulfonamides is 1. The number of amides is 1. The number of rotatable bonds is 12. The Morgan fingerprint density at radius 1 is 0.973 bits per heavy atom. The molecule has 0 radical (unpaired) electrons. The minimum atomic E-state index is -3.68. The number of aliphatic hydroxyl groups excluding tert-OH is 1. The molecule has 0 fully saturated rings. The highest BCUT2D eigenvalue weighted by Crippen LogP contribution is 2.29. The van der Waals surface area contributed by atoms with Gasteiger partial charge in [-0.05, 0) is 67.6 Å². The highest BCUT2D eigenvalue weighted by molar-refractivity contribution is 7.89. The first kappa shape index (κ1) is 30.3. The van der Waals surface area contributed by atoms with Crippen molar-refractivity contribution in [3.8, 4) is 16.9 Å². The standard InChI is InChI=1S/C28H34N2O5S.ClH/c1-20(2)35-27-18-24(15-16-25(27)28(32)30-36(3,33)34)22-13-11-21(12-14-22)8-7-17-29-19-26(31)23-9-5-4-6-10-23;/h4-6,9-16,18,20,26,29,31H,7-8,17,19H2,1-3H3,(H,30,32);1H/t26-;/m0./s1. The van der Waals surface area contributed by atoms with Gasteiger partial charge in [-0.1, -0.05) is 60.7 Å². The first-order chi connectivity index (χ1) is 17.1. The summed E-state index contributed by atoms with van der Waals surface area (Å²) in [6.45, 7) is 5.01. The van der Waals surface area contributed by atoms with E-state index in [1.807, 2.05) is 61.0 Å². The molecule has 0 unspecified atom stereocenters. The molecule has 0 aromatic heterocycles. The van der Waals surface area contributed by atoms with Crippen molar-refractivity contribution in [1.29, 1.82) is 0 Å². The summed E-state index contributed by atoms with van der Waals surface area (Å²) in [5, 5.41) is 13.5. The molecule has 3 aromatic rings. The summed E-state index contributed by atoms with van der Waals surface area (Å²) in [5.41, 5.74) is 4.11. The Kier molecular flexibility index (Phi) is 11.6. The Labute approximate surface area is 225 Å². The van der Waals surface area contributed by atoms with Crippen LogP contribution in [-0.4, -0.2) is 44.9 Å². The highest BCUT2D eigenvalue weighted by Gasteiger charge is 2.18. The number of ether oxygens (including phenoxy) is 1. The van der Waals surface area contributed by atoms with Gasteiger partial charge >= 0.3 is 0 Å². The number of hydrogen-bond donors (Lipinski definition) is 3. The molecule has 0 heterocycles. The summed E-state index contributed by atoms with van der Waals surface area (Å²) in [5.74, 6) is -0.392. The second kappa shape index (κ2) is 14.1. The summed E-state index contributed by atoms with van der Waals surface area (Å²) >= 11 is 0. The molecule has 0 bridgehead atoms. The molecule has 1 atom stereocenters. The van der Waals surface area contributed by atoms with Crippen molar-refractivity contribution in [2.45, 2.75) is 38.9 Å². The fourth-order valence-corrected chi connectivity index (χ4v) is 4.22. The molecule has 7 nitrogen and oxygen atoms in total. The van der Waals surface area contributed by atoms with Gasteiger partial charge in [-0.3, -0.25) is 4.79 Å². The zero-order chi connectivity index (χ0) is 26.1. The molecule has 3 N–H and O–H groups in total. The first-order valence-electron chi connectivity index (χ1n) is 12.0. The Balaban J connectivity index is 0.00000481. The van der Waals surface area contributed by atoms with Gasteiger partial charge in [0.1, 0.15) is 5.75 Å². The smallest absolute Gasteiger partial charge is 0.268 e. The molecular formula is C28H35ClN2O5S. The molecule has 37 heavy (non-hydrogen) atoms. The third-order valence-corrected chi connectivity index (χ3v) is 6.05. The van der Waals surface area contributed by atoms with E-state index in [2.05, 4.69) is 17.4 Å². The van der Waals surface area contributed by atoms with Crippen LogP contribution in [0.4, 0.5) is 0 Å². The lowest BCUT2D eigenvalue weighted by Gasteiger charge is -2.15. The van der Waals surface area contributed by atoms with E-state index in [0.29, 0.717) is 12.3 Å². The second-order valence-electron chi connectivity index (χ2n) is 9.01. The Hall–Kier alpha value is -2.91. The average molecular weight is 547 g/mol. The van der Waals surface area contributed by atoms with Gasteiger partial charge in [0.15, 0.2) is 0 Å². The number of carbonyl (C=O) groups is 1. The molecule has 1 amide bonds. The third-order valence-electron chi connectivity index (χ3n) is 5.50. The minimum absolute atomic E-state index is 0. The zero-order valence-electron chi connectivity index (χ0n) is 21.3. The lowest BCUT2D eigenvalue weighted by atomic mass is 10.00. The summed E-state index contributed by atoms with van der Waals surface area (Å²) < 4.78 is 30.8. The highest BCUT2D eigenvalue weighted by atomic mass is 35.5. The summed E-state index contributed by atoms with van der Waals surface area (Å²) in [4.78, 5) is 12.4. The van der Waals surface area contributed by atoms with E-state index >= 15 is 0 Å². The molecule has 0 spiro atoms. The predicted octanol–water partition coefficient (Wildman–Crippen LogP) is 4.51. The second-order valence-corrected chi connectivity index (χ2v) is 10.8.